The van der Waals surface area contributed by atoms with E-state index in [4.69, 9.17) is 15.6 Å². The number of nitrogen functional groups attached to an aromatic ring is 1. The van der Waals surface area contributed by atoms with Gasteiger partial charge in [0.05, 0.1) is 6.42 Å². The number of hydrogen-bond acceptors (Lipinski definition) is 8. The van der Waals surface area contributed by atoms with E-state index in [-0.39, 0.29) is 12.3 Å². The molecule has 0 spiro atoms. The Balaban J connectivity index is 0.000000345. The van der Waals surface area contributed by atoms with Gasteiger partial charge in [-0.3, -0.25) is 4.79 Å². The fourth-order valence-corrected chi connectivity index (χ4v) is 2.91. The second-order valence-electron chi connectivity index (χ2n) is 5.57. The van der Waals surface area contributed by atoms with Crippen LogP contribution >= 0.6 is 11.3 Å². The molecule has 0 bridgehead atoms. The maximum absolute atomic E-state index is 12.2. The summed E-state index contributed by atoms with van der Waals surface area (Å²) in [7, 11) is 0. The molecule has 13 heteroatoms. The first-order valence-corrected chi connectivity index (χ1v) is 8.80. The van der Waals surface area contributed by atoms with Crippen LogP contribution in [0.25, 0.3) is 0 Å². The number of rotatable bonds is 3. The van der Waals surface area contributed by atoms with Crippen molar-refractivity contribution < 1.29 is 27.9 Å². The Hall–Kier alpha value is -2.96. The zero-order chi connectivity index (χ0) is 20.7. The van der Waals surface area contributed by atoms with Gasteiger partial charge in [-0.15, -0.1) is 10.2 Å². The molecule has 0 aromatic carbocycles. The van der Waals surface area contributed by atoms with Gasteiger partial charge in [0.2, 0.25) is 11.0 Å². The first kappa shape index (κ1) is 21.3. The van der Waals surface area contributed by atoms with Crippen LogP contribution in [0.2, 0.25) is 0 Å². The topological polar surface area (TPSA) is 126 Å². The number of aliphatic carboxylic acids is 1. The number of hydrogen-bond donors (Lipinski definition) is 2. The molecule has 0 unspecified atom stereocenters. The summed E-state index contributed by atoms with van der Waals surface area (Å²) in [6.45, 7) is 2.98. The van der Waals surface area contributed by atoms with Gasteiger partial charge in [-0.25, -0.2) is 9.78 Å². The Morgan fingerprint density at radius 1 is 1.18 bits per heavy atom. The average molecular weight is 418 g/mol. The van der Waals surface area contributed by atoms with Crippen molar-refractivity contribution in [2.75, 3.05) is 36.8 Å². The average Bonchev–Trinajstić information content (AvgIpc) is 3.07. The van der Waals surface area contributed by atoms with E-state index in [1.54, 1.807) is 6.20 Å². The van der Waals surface area contributed by atoms with Gasteiger partial charge in [-0.2, -0.15) is 13.2 Å². The summed E-state index contributed by atoms with van der Waals surface area (Å²) in [4.78, 5) is 29.5. The van der Waals surface area contributed by atoms with Crippen molar-refractivity contribution in [3.63, 3.8) is 0 Å². The number of piperazine rings is 1. The number of carboxylic acid groups (broad SMARTS) is 1. The van der Waals surface area contributed by atoms with E-state index in [1.807, 2.05) is 23.1 Å². The summed E-state index contributed by atoms with van der Waals surface area (Å²) in [5, 5.41) is 15.8. The maximum atomic E-state index is 12.2. The second-order valence-corrected chi connectivity index (χ2v) is 6.66. The highest BCUT2D eigenvalue weighted by Crippen LogP contribution is 2.16. The van der Waals surface area contributed by atoms with Crippen LogP contribution in [-0.4, -0.2) is 69.4 Å². The van der Waals surface area contributed by atoms with E-state index in [9.17, 15) is 18.0 Å². The molecule has 28 heavy (non-hydrogen) atoms. The van der Waals surface area contributed by atoms with Gasteiger partial charge in [0.15, 0.2) is 0 Å². The fourth-order valence-electron chi connectivity index (χ4n) is 2.30. The summed E-state index contributed by atoms with van der Waals surface area (Å²) in [5.74, 6) is -1.72. The highest BCUT2D eigenvalue weighted by atomic mass is 32.1. The molecule has 9 nitrogen and oxygen atoms in total. The molecule has 0 aliphatic carbocycles. The predicted octanol–water partition coefficient (Wildman–Crippen LogP) is 1.04. The van der Waals surface area contributed by atoms with Crippen molar-refractivity contribution in [1.82, 2.24) is 20.1 Å². The minimum atomic E-state index is -5.08. The van der Waals surface area contributed by atoms with Crippen LogP contribution in [0.4, 0.5) is 24.1 Å². The third-order valence-corrected chi connectivity index (χ3v) is 4.39. The third-order valence-electron chi connectivity index (χ3n) is 3.63. The number of carbonyl (C=O) groups is 2. The third kappa shape index (κ3) is 6.33. The molecular weight excluding hydrogens is 401 g/mol. The number of nitrogens with zero attached hydrogens (tertiary/aromatic N) is 5. The normalized spacial score (nSPS) is 14.2. The van der Waals surface area contributed by atoms with E-state index >= 15 is 0 Å². The van der Waals surface area contributed by atoms with Crippen molar-refractivity contribution in [2.45, 2.75) is 12.6 Å². The largest absolute Gasteiger partial charge is 0.490 e. The van der Waals surface area contributed by atoms with Gasteiger partial charge >= 0.3 is 12.1 Å². The Bertz CT molecular complexity index is 794. The molecule has 1 aliphatic heterocycles. The van der Waals surface area contributed by atoms with Crippen molar-refractivity contribution in [2.24, 2.45) is 0 Å². The van der Waals surface area contributed by atoms with Crippen LogP contribution in [0.15, 0.2) is 24.4 Å². The summed E-state index contributed by atoms with van der Waals surface area (Å²) >= 11 is 1.27. The predicted molar refractivity (Wildman–Crippen MR) is 94.7 cm³/mol. The first-order valence-electron chi connectivity index (χ1n) is 7.98. The minimum Gasteiger partial charge on any atom is -0.475 e. The zero-order valence-corrected chi connectivity index (χ0v) is 15.3. The number of pyridine rings is 1. The molecule has 0 radical (unpaired) electrons. The van der Waals surface area contributed by atoms with Crippen LogP contribution in [0.1, 0.15) is 5.01 Å². The van der Waals surface area contributed by atoms with Gasteiger partial charge in [0, 0.05) is 32.4 Å². The summed E-state index contributed by atoms with van der Waals surface area (Å²) < 4.78 is 31.7. The molecule has 1 saturated heterocycles. The van der Waals surface area contributed by atoms with E-state index < -0.39 is 12.1 Å². The number of carboxylic acids is 1. The van der Waals surface area contributed by atoms with Crippen LogP contribution in [0.5, 0.6) is 0 Å². The van der Waals surface area contributed by atoms with Crippen molar-refractivity contribution in [1.29, 1.82) is 0 Å². The summed E-state index contributed by atoms with van der Waals surface area (Å²) in [6, 6.07) is 5.86. The molecular formula is C15H17F3N6O3S. The van der Waals surface area contributed by atoms with E-state index in [1.165, 1.54) is 11.3 Å². The number of halogens is 3. The van der Waals surface area contributed by atoms with Crippen LogP contribution in [0.3, 0.4) is 0 Å². The standard InChI is InChI=1S/C13H16N6OS.C2HF3O2/c14-13-17-16-11(21-13)9-12(20)19-7-5-18(6-8-19)10-3-1-2-4-15-10;3-2(4,5)1(6)7/h1-4H,5-9H2,(H2,14,17);(H,6,7). The quantitative estimate of drug-likeness (QED) is 0.757. The molecule has 3 heterocycles. The Kier molecular flexibility index (Phi) is 7.09. The minimum absolute atomic E-state index is 0.0758. The lowest BCUT2D eigenvalue weighted by Gasteiger charge is -2.35. The molecule has 2 aromatic heterocycles. The Morgan fingerprint density at radius 3 is 2.29 bits per heavy atom. The van der Waals surface area contributed by atoms with Crippen LogP contribution < -0.4 is 10.6 Å². The van der Waals surface area contributed by atoms with Gasteiger partial charge in [0.25, 0.3) is 0 Å². The van der Waals surface area contributed by atoms with E-state index in [0.717, 1.165) is 18.9 Å². The summed E-state index contributed by atoms with van der Waals surface area (Å²) in [5.41, 5.74) is 5.52. The number of anilines is 2. The zero-order valence-electron chi connectivity index (χ0n) is 14.5. The number of amides is 1. The molecule has 1 amide bonds. The molecule has 3 N–H and O–H groups in total. The highest BCUT2D eigenvalue weighted by molar-refractivity contribution is 7.15. The lowest BCUT2D eigenvalue weighted by atomic mass is 10.2. The molecule has 0 atom stereocenters. The molecule has 1 aliphatic rings. The van der Waals surface area contributed by atoms with E-state index in [0.29, 0.717) is 23.2 Å². The molecule has 3 rings (SSSR count). The van der Waals surface area contributed by atoms with Gasteiger partial charge in [-0.1, -0.05) is 17.4 Å². The van der Waals surface area contributed by atoms with Crippen LogP contribution in [0, 0.1) is 0 Å². The molecule has 152 valence electrons. The summed E-state index contributed by atoms with van der Waals surface area (Å²) in [6.07, 6.45) is -3.02. The number of nitrogens with two attached hydrogens (primary N) is 1. The highest BCUT2D eigenvalue weighted by Gasteiger charge is 2.38. The lowest BCUT2D eigenvalue weighted by Crippen LogP contribution is -2.49. The first-order chi connectivity index (χ1) is 13.2. The Labute approximate surface area is 161 Å². The molecule has 0 saturated carbocycles. The molecule has 2 aromatic rings. The fraction of sp³-hybridized carbons (Fsp3) is 0.400. The number of carbonyl (C=O) groups excluding carboxylic acids is 1. The monoisotopic (exact) mass is 418 g/mol. The van der Waals surface area contributed by atoms with Crippen LogP contribution in [-0.2, 0) is 16.0 Å². The second kappa shape index (κ2) is 9.30. The number of aromatic nitrogens is 3. The molecule has 1 fully saturated rings. The number of alkyl halides is 3. The lowest BCUT2D eigenvalue weighted by molar-refractivity contribution is -0.192. The van der Waals surface area contributed by atoms with Gasteiger partial charge in [0.1, 0.15) is 10.8 Å². The van der Waals surface area contributed by atoms with Crippen molar-refractivity contribution in [3.05, 3.63) is 29.4 Å². The van der Waals surface area contributed by atoms with E-state index in [2.05, 4.69) is 20.1 Å². The smallest absolute Gasteiger partial charge is 0.475 e. The Morgan fingerprint density at radius 2 is 1.82 bits per heavy atom. The SMILES string of the molecule is Nc1nnc(CC(=O)N2CCN(c3ccccn3)CC2)s1.O=C(O)C(F)(F)F. The van der Waals surface area contributed by atoms with Gasteiger partial charge in [-0.05, 0) is 12.1 Å². The van der Waals surface area contributed by atoms with Gasteiger partial charge < -0.3 is 20.6 Å². The maximum Gasteiger partial charge on any atom is 0.490 e. The van der Waals surface area contributed by atoms with Crippen molar-refractivity contribution >= 4 is 34.2 Å². The van der Waals surface area contributed by atoms with Crippen molar-refractivity contribution in [3.8, 4) is 0 Å².